The summed E-state index contributed by atoms with van der Waals surface area (Å²) in [6, 6.07) is 13.5. The zero-order valence-electron chi connectivity index (χ0n) is 11.6. The minimum absolute atomic E-state index is 0.300. The van der Waals surface area contributed by atoms with Gasteiger partial charge in [0.25, 0.3) is 5.91 Å². The zero-order chi connectivity index (χ0) is 14.5. The summed E-state index contributed by atoms with van der Waals surface area (Å²) >= 11 is 0. The summed E-state index contributed by atoms with van der Waals surface area (Å²) in [7, 11) is 0. The molecule has 1 amide bonds. The topological polar surface area (TPSA) is 64.4 Å². The maximum atomic E-state index is 11.5. The van der Waals surface area contributed by atoms with Crippen LogP contribution < -0.4 is 16.0 Å². The van der Waals surface area contributed by atoms with Crippen molar-refractivity contribution in [3.63, 3.8) is 0 Å². The monoisotopic (exact) mass is 270 g/mol. The molecule has 0 heterocycles. The number of aryl methyl sites for hydroxylation is 2. The molecule has 0 aliphatic rings. The molecule has 20 heavy (non-hydrogen) atoms. The van der Waals surface area contributed by atoms with Crippen molar-refractivity contribution in [3.8, 4) is 5.75 Å². The molecule has 0 bridgehead atoms. The first kappa shape index (κ1) is 14.1. The van der Waals surface area contributed by atoms with E-state index < -0.39 is 0 Å². The lowest BCUT2D eigenvalue weighted by Crippen LogP contribution is -2.30. The van der Waals surface area contributed by atoms with Gasteiger partial charge in [-0.05, 0) is 42.7 Å². The van der Waals surface area contributed by atoms with E-state index in [2.05, 4.69) is 5.43 Å². The lowest BCUT2D eigenvalue weighted by molar-refractivity contribution is 0.0953. The van der Waals surface area contributed by atoms with Crippen LogP contribution in [0.4, 0.5) is 0 Å². The van der Waals surface area contributed by atoms with Crippen LogP contribution in [0.15, 0.2) is 42.5 Å². The quantitative estimate of drug-likeness (QED) is 0.509. The molecule has 0 fully saturated rings. The largest absolute Gasteiger partial charge is 0.488 e. The number of rotatable bonds is 4. The normalized spacial score (nSPS) is 10.2. The third kappa shape index (κ3) is 3.16. The van der Waals surface area contributed by atoms with Crippen LogP contribution in [0.25, 0.3) is 0 Å². The van der Waals surface area contributed by atoms with Crippen LogP contribution in [0.5, 0.6) is 5.75 Å². The number of hydrazine groups is 1. The number of hydrogen-bond acceptors (Lipinski definition) is 3. The van der Waals surface area contributed by atoms with Crippen molar-refractivity contribution in [2.45, 2.75) is 20.5 Å². The highest BCUT2D eigenvalue weighted by molar-refractivity contribution is 5.94. The number of hydrogen-bond donors (Lipinski definition) is 2. The first-order chi connectivity index (χ1) is 9.61. The van der Waals surface area contributed by atoms with Gasteiger partial charge >= 0.3 is 0 Å². The van der Waals surface area contributed by atoms with Crippen molar-refractivity contribution in [1.82, 2.24) is 5.43 Å². The summed E-state index contributed by atoms with van der Waals surface area (Å²) in [5.41, 5.74) is 5.61. The molecule has 0 unspecified atom stereocenters. The van der Waals surface area contributed by atoms with E-state index in [1.54, 1.807) is 12.1 Å². The van der Waals surface area contributed by atoms with E-state index >= 15 is 0 Å². The Morgan fingerprint density at radius 2 is 1.75 bits per heavy atom. The summed E-state index contributed by atoms with van der Waals surface area (Å²) in [4.78, 5) is 11.5. The van der Waals surface area contributed by atoms with Crippen molar-refractivity contribution in [1.29, 1.82) is 0 Å². The molecule has 0 aliphatic carbocycles. The molecule has 4 nitrogen and oxygen atoms in total. The van der Waals surface area contributed by atoms with Gasteiger partial charge in [0.15, 0.2) is 0 Å². The highest BCUT2D eigenvalue weighted by atomic mass is 16.5. The Kier molecular flexibility index (Phi) is 4.38. The van der Waals surface area contributed by atoms with Crippen molar-refractivity contribution in [3.05, 3.63) is 64.7 Å². The predicted molar refractivity (Wildman–Crippen MR) is 78.3 cm³/mol. The Labute approximate surface area is 118 Å². The van der Waals surface area contributed by atoms with Crippen molar-refractivity contribution >= 4 is 5.91 Å². The number of nitrogen functional groups attached to an aromatic ring is 1. The fourth-order valence-corrected chi connectivity index (χ4v) is 2.12. The molecule has 2 rings (SSSR count). The number of benzene rings is 2. The van der Waals surface area contributed by atoms with Crippen LogP contribution in [0, 0.1) is 13.8 Å². The van der Waals surface area contributed by atoms with Crippen molar-refractivity contribution in [2.24, 2.45) is 5.84 Å². The van der Waals surface area contributed by atoms with Gasteiger partial charge in [0, 0.05) is 5.56 Å². The average Bonchev–Trinajstić information content (AvgIpc) is 2.46. The molecular weight excluding hydrogens is 252 g/mol. The van der Waals surface area contributed by atoms with Crippen LogP contribution in [0.2, 0.25) is 0 Å². The number of nitrogens with one attached hydrogen (secondary N) is 1. The Hall–Kier alpha value is -2.33. The molecule has 0 aromatic heterocycles. The third-order valence-electron chi connectivity index (χ3n) is 3.08. The Balaban J connectivity index is 2.18. The summed E-state index contributed by atoms with van der Waals surface area (Å²) in [6.45, 7) is 4.34. The molecule has 0 atom stereocenters. The van der Waals surface area contributed by atoms with Gasteiger partial charge in [-0.3, -0.25) is 10.2 Å². The minimum atomic E-state index is -0.300. The summed E-state index contributed by atoms with van der Waals surface area (Å²) < 4.78 is 5.86. The molecule has 0 aliphatic heterocycles. The number of carbonyl (C=O) groups is 1. The van der Waals surface area contributed by atoms with E-state index in [-0.39, 0.29) is 5.91 Å². The lowest BCUT2D eigenvalue weighted by Gasteiger charge is -2.13. The van der Waals surface area contributed by atoms with Gasteiger partial charge < -0.3 is 4.74 Å². The fourth-order valence-electron chi connectivity index (χ4n) is 2.12. The van der Waals surface area contributed by atoms with Crippen LogP contribution in [0.1, 0.15) is 27.0 Å². The highest BCUT2D eigenvalue weighted by Crippen LogP contribution is 2.25. The Bertz CT molecular complexity index is 586. The molecule has 0 saturated heterocycles. The van der Waals surface area contributed by atoms with Gasteiger partial charge in [-0.1, -0.05) is 30.3 Å². The van der Waals surface area contributed by atoms with Gasteiger partial charge in [-0.2, -0.15) is 0 Å². The standard InChI is InChI=1S/C16H18N2O2/c1-11-8-14(16(19)18-17)9-12(2)15(11)20-10-13-6-4-3-5-7-13/h3-9H,10,17H2,1-2H3,(H,18,19). The van der Waals surface area contributed by atoms with Crippen LogP contribution in [-0.4, -0.2) is 5.91 Å². The number of nitrogens with two attached hydrogens (primary N) is 1. The second-order valence-electron chi connectivity index (χ2n) is 4.69. The molecule has 4 heteroatoms. The summed E-state index contributed by atoms with van der Waals surface area (Å²) in [6.07, 6.45) is 0. The van der Waals surface area contributed by atoms with E-state index in [1.165, 1.54) is 0 Å². The molecule has 2 aromatic carbocycles. The van der Waals surface area contributed by atoms with Gasteiger partial charge in [0.1, 0.15) is 12.4 Å². The lowest BCUT2D eigenvalue weighted by atomic mass is 10.1. The minimum Gasteiger partial charge on any atom is -0.488 e. The summed E-state index contributed by atoms with van der Waals surface area (Å²) in [5.74, 6) is 5.65. The third-order valence-corrected chi connectivity index (χ3v) is 3.08. The SMILES string of the molecule is Cc1cc(C(=O)NN)cc(C)c1OCc1ccccc1. The predicted octanol–water partition coefficient (Wildman–Crippen LogP) is 2.49. The summed E-state index contributed by atoms with van der Waals surface area (Å²) in [5, 5.41) is 0. The molecule has 0 spiro atoms. The molecular formula is C16H18N2O2. The zero-order valence-corrected chi connectivity index (χ0v) is 11.6. The van der Waals surface area contributed by atoms with Gasteiger partial charge in [0.2, 0.25) is 0 Å². The van der Waals surface area contributed by atoms with Crippen LogP contribution in [0.3, 0.4) is 0 Å². The molecule has 104 valence electrons. The van der Waals surface area contributed by atoms with Crippen LogP contribution in [-0.2, 0) is 6.61 Å². The molecule has 2 aromatic rings. The highest BCUT2D eigenvalue weighted by Gasteiger charge is 2.11. The Morgan fingerprint density at radius 3 is 2.30 bits per heavy atom. The van der Waals surface area contributed by atoms with E-state index in [0.29, 0.717) is 12.2 Å². The number of carbonyl (C=O) groups excluding carboxylic acids is 1. The van der Waals surface area contributed by atoms with Crippen molar-refractivity contribution < 1.29 is 9.53 Å². The van der Waals surface area contributed by atoms with Gasteiger partial charge in [-0.25, -0.2) is 5.84 Å². The van der Waals surface area contributed by atoms with Gasteiger partial charge in [-0.15, -0.1) is 0 Å². The first-order valence-electron chi connectivity index (χ1n) is 6.40. The fraction of sp³-hybridized carbons (Fsp3) is 0.188. The smallest absolute Gasteiger partial charge is 0.265 e. The van der Waals surface area contributed by atoms with E-state index in [1.807, 2.05) is 44.2 Å². The molecule has 3 N–H and O–H groups in total. The second-order valence-corrected chi connectivity index (χ2v) is 4.69. The molecule has 0 saturated carbocycles. The van der Waals surface area contributed by atoms with E-state index in [0.717, 1.165) is 22.4 Å². The Morgan fingerprint density at radius 1 is 1.15 bits per heavy atom. The maximum Gasteiger partial charge on any atom is 0.265 e. The van der Waals surface area contributed by atoms with Crippen LogP contribution >= 0.6 is 0 Å². The van der Waals surface area contributed by atoms with Crippen molar-refractivity contribution in [2.75, 3.05) is 0 Å². The first-order valence-corrected chi connectivity index (χ1v) is 6.40. The number of ether oxygens (including phenoxy) is 1. The maximum absolute atomic E-state index is 11.5. The average molecular weight is 270 g/mol. The second kappa shape index (κ2) is 6.21. The molecule has 0 radical (unpaired) electrons. The van der Waals surface area contributed by atoms with E-state index in [9.17, 15) is 4.79 Å². The van der Waals surface area contributed by atoms with Gasteiger partial charge in [0.05, 0.1) is 0 Å². The van der Waals surface area contributed by atoms with E-state index in [4.69, 9.17) is 10.6 Å². The number of amides is 1.